The fourth-order valence-corrected chi connectivity index (χ4v) is 2.84. The molecule has 0 spiro atoms. The van der Waals surface area contributed by atoms with Gasteiger partial charge < -0.3 is 20.1 Å². The van der Waals surface area contributed by atoms with Gasteiger partial charge >= 0.3 is 5.97 Å². The molecule has 0 fully saturated rings. The van der Waals surface area contributed by atoms with E-state index in [1.54, 1.807) is 6.92 Å². The molecule has 0 aliphatic heterocycles. The zero-order valence-electron chi connectivity index (χ0n) is 17.8. The first-order valence-corrected chi connectivity index (χ1v) is 10.3. The first kappa shape index (κ1) is 22.7. The van der Waals surface area contributed by atoms with E-state index in [-0.39, 0.29) is 48.9 Å². The number of nitroso groups, excluding NO2 is 1. The lowest BCUT2D eigenvalue weighted by Gasteiger charge is -2.14. The third kappa shape index (κ3) is 6.76. The molecular formula is C23H25N5O4. The van der Waals surface area contributed by atoms with Crippen molar-refractivity contribution in [3.63, 3.8) is 0 Å². The Hall–Kier alpha value is -4.01. The van der Waals surface area contributed by atoms with Crippen molar-refractivity contribution in [2.24, 2.45) is 5.18 Å². The van der Waals surface area contributed by atoms with Crippen LogP contribution >= 0.6 is 0 Å². The minimum Gasteiger partial charge on any atom is -0.471 e. The molecule has 2 N–H and O–H groups in total. The van der Waals surface area contributed by atoms with Crippen molar-refractivity contribution in [1.82, 2.24) is 9.97 Å². The van der Waals surface area contributed by atoms with E-state index in [9.17, 15) is 9.70 Å². The number of carbonyl (C=O) groups excluding carboxylic acids is 1. The second-order valence-corrected chi connectivity index (χ2v) is 6.74. The van der Waals surface area contributed by atoms with Crippen molar-refractivity contribution in [2.75, 3.05) is 23.8 Å². The Bertz CT molecular complexity index is 1020. The van der Waals surface area contributed by atoms with Gasteiger partial charge in [0.15, 0.2) is 5.82 Å². The summed E-state index contributed by atoms with van der Waals surface area (Å²) < 4.78 is 10.7. The van der Waals surface area contributed by atoms with Crippen LogP contribution < -0.4 is 15.4 Å². The van der Waals surface area contributed by atoms with Gasteiger partial charge in [0.2, 0.25) is 11.6 Å². The lowest BCUT2D eigenvalue weighted by molar-refractivity contribution is -0.142. The average molecular weight is 435 g/mol. The van der Waals surface area contributed by atoms with Gasteiger partial charge in [-0.3, -0.25) is 4.79 Å². The van der Waals surface area contributed by atoms with Gasteiger partial charge in [-0.25, -0.2) is 0 Å². The van der Waals surface area contributed by atoms with E-state index in [1.807, 2.05) is 60.7 Å². The summed E-state index contributed by atoms with van der Waals surface area (Å²) in [6, 6.07) is 19.3. The van der Waals surface area contributed by atoms with Crippen molar-refractivity contribution < 1.29 is 14.3 Å². The molecule has 166 valence electrons. The molecule has 0 amide bonds. The quantitative estimate of drug-likeness (QED) is 0.317. The molecule has 32 heavy (non-hydrogen) atoms. The number of aromatic nitrogens is 2. The molecule has 2 aromatic carbocycles. The number of hydrogen-bond donors (Lipinski definition) is 2. The molecule has 0 aliphatic rings. The van der Waals surface area contributed by atoms with Gasteiger partial charge in [0.25, 0.3) is 5.88 Å². The molecule has 9 nitrogen and oxygen atoms in total. The normalized spacial score (nSPS) is 10.3. The third-order valence-corrected chi connectivity index (χ3v) is 4.38. The van der Waals surface area contributed by atoms with Crippen molar-refractivity contribution in [2.45, 2.75) is 26.5 Å². The molecule has 0 atom stereocenters. The highest BCUT2D eigenvalue weighted by atomic mass is 16.5. The van der Waals surface area contributed by atoms with Crippen LogP contribution in [0, 0.1) is 4.91 Å². The first-order chi connectivity index (χ1) is 15.7. The van der Waals surface area contributed by atoms with Gasteiger partial charge in [0.1, 0.15) is 6.61 Å². The summed E-state index contributed by atoms with van der Waals surface area (Å²) in [4.78, 5) is 31.9. The highest BCUT2D eigenvalue weighted by Gasteiger charge is 2.18. The molecule has 0 radical (unpaired) electrons. The second-order valence-electron chi connectivity index (χ2n) is 6.74. The van der Waals surface area contributed by atoms with Crippen molar-refractivity contribution >= 4 is 23.4 Å². The van der Waals surface area contributed by atoms with Crippen LogP contribution in [-0.2, 0) is 22.7 Å². The molecule has 9 heteroatoms. The number of anilines is 2. The van der Waals surface area contributed by atoms with E-state index in [2.05, 4.69) is 25.8 Å². The Kier molecular flexibility index (Phi) is 8.50. The lowest BCUT2D eigenvalue weighted by Crippen LogP contribution is -2.14. The number of nitrogens with zero attached hydrogens (tertiary/aromatic N) is 3. The van der Waals surface area contributed by atoms with Crippen LogP contribution in [-0.4, -0.2) is 29.1 Å². The topological polar surface area (TPSA) is 115 Å². The molecule has 3 rings (SSSR count). The van der Waals surface area contributed by atoms with E-state index < -0.39 is 0 Å². The van der Waals surface area contributed by atoms with Gasteiger partial charge in [0, 0.05) is 13.1 Å². The van der Waals surface area contributed by atoms with Crippen molar-refractivity contribution in [3.8, 4) is 5.88 Å². The molecule has 0 bridgehead atoms. The second kappa shape index (κ2) is 12.0. The summed E-state index contributed by atoms with van der Waals surface area (Å²) in [5, 5.41) is 9.17. The van der Waals surface area contributed by atoms with Gasteiger partial charge in [-0.2, -0.15) is 9.97 Å². The maximum absolute atomic E-state index is 11.6. The summed E-state index contributed by atoms with van der Waals surface area (Å²) in [5.74, 6) is 0.145. The molecule has 0 unspecified atom stereocenters. The molecule has 1 aromatic heterocycles. The largest absolute Gasteiger partial charge is 0.471 e. The number of nitrogens with one attached hydrogen (secondary N) is 2. The Balaban J connectivity index is 1.79. The predicted molar refractivity (Wildman–Crippen MR) is 122 cm³/mol. The molecule has 0 aliphatic carbocycles. The minimum atomic E-state index is -0.349. The maximum Gasteiger partial charge on any atom is 0.307 e. The van der Waals surface area contributed by atoms with Crippen LogP contribution in [0.25, 0.3) is 0 Å². The summed E-state index contributed by atoms with van der Waals surface area (Å²) >= 11 is 0. The lowest BCUT2D eigenvalue weighted by atomic mass is 10.2. The van der Waals surface area contributed by atoms with E-state index >= 15 is 0 Å². The van der Waals surface area contributed by atoms with Crippen molar-refractivity contribution in [3.05, 3.63) is 76.7 Å². The summed E-state index contributed by atoms with van der Waals surface area (Å²) in [5.41, 5.74) is 1.89. The zero-order chi connectivity index (χ0) is 22.6. The first-order valence-electron chi connectivity index (χ1n) is 10.3. The minimum absolute atomic E-state index is 0.0491. The predicted octanol–water partition coefficient (Wildman–Crippen LogP) is 4.43. The number of benzene rings is 2. The maximum atomic E-state index is 11.6. The van der Waals surface area contributed by atoms with Crippen LogP contribution in [0.5, 0.6) is 5.88 Å². The monoisotopic (exact) mass is 435 g/mol. The van der Waals surface area contributed by atoms with Gasteiger partial charge in [-0.05, 0) is 23.2 Å². The van der Waals surface area contributed by atoms with Crippen LogP contribution in [0.15, 0.2) is 65.8 Å². The number of hydrogen-bond acceptors (Lipinski definition) is 9. The Morgan fingerprint density at radius 3 is 2.31 bits per heavy atom. The SMILES string of the molecule is CCOC(=O)CCNc1nc(NCc2ccccc2)nc(OCc2ccccc2)c1N=O. The van der Waals surface area contributed by atoms with Gasteiger partial charge in [-0.15, -0.1) is 4.91 Å². The fourth-order valence-electron chi connectivity index (χ4n) is 2.84. The highest BCUT2D eigenvalue weighted by molar-refractivity contribution is 5.71. The molecule has 3 aromatic rings. The number of carbonyl (C=O) groups is 1. The molecular weight excluding hydrogens is 410 g/mol. The molecule has 1 heterocycles. The smallest absolute Gasteiger partial charge is 0.307 e. The van der Waals surface area contributed by atoms with Crippen LogP contribution in [0.1, 0.15) is 24.5 Å². The Morgan fingerprint density at radius 2 is 1.66 bits per heavy atom. The zero-order valence-corrected chi connectivity index (χ0v) is 17.8. The standard InChI is InChI=1S/C23H25N5O4/c1-2-31-19(29)13-14-24-21-20(28-30)22(32-16-18-11-7-4-8-12-18)27-23(26-21)25-15-17-9-5-3-6-10-17/h3-12H,2,13-16H2,1H3,(H2,24,25,26,27). The molecule has 0 saturated carbocycles. The van der Waals surface area contributed by atoms with Crippen LogP contribution in [0.3, 0.4) is 0 Å². The van der Waals surface area contributed by atoms with Crippen molar-refractivity contribution in [1.29, 1.82) is 0 Å². The Morgan fingerprint density at radius 1 is 0.969 bits per heavy atom. The third-order valence-electron chi connectivity index (χ3n) is 4.38. The van der Waals surface area contributed by atoms with Crippen LogP contribution in [0.4, 0.5) is 17.5 Å². The average Bonchev–Trinajstić information content (AvgIpc) is 2.83. The molecule has 0 saturated heterocycles. The van der Waals surface area contributed by atoms with E-state index in [0.717, 1.165) is 11.1 Å². The number of ether oxygens (including phenoxy) is 2. The summed E-state index contributed by atoms with van der Waals surface area (Å²) in [7, 11) is 0. The fraction of sp³-hybridized carbons (Fsp3) is 0.261. The Labute approximate surface area is 186 Å². The summed E-state index contributed by atoms with van der Waals surface area (Å²) in [6.07, 6.45) is 0.114. The van der Waals surface area contributed by atoms with Gasteiger partial charge in [0.05, 0.1) is 13.0 Å². The number of esters is 1. The highest BCUT2D eigenvalue weighted by Crippen LogP contribution is 2.34. The summed E-state index contributed by atoms with van der Waals surface area (Å²) in [6.45, 7) is 2.95. The van der Waals surface area contributed by atoms with E-state index in [4.69, 9.17) is 9.47 Å². The van der Waals surface area contributed by atoms with Gasteiger partial charge in [-0.1, -0.05) is 60.7 Å². The van der Waals surface area contributed by atoms with E-state index in [1.165, 1.54) is 0 Å². The number of rotatable bonds is 12. The van der Waals surface area contributed by atoms with Crippen LogP contribution in [0.2, 0.25) is 0 Å². The van der Waals surface area contributed by atoms with E-state index in [0.29, 0.717) is 13.2 Å².